The molecule has 2 amide bonds. The quantitative estimate of drug-likeness (QED) is 0.933. The van der Waals surface area contributed by atoms with Gasteiger partial charge in [-0.15, -0.1) is 11.3 Å². The third-order valence-corrected chi connectivity index (χ3v) is 4.68. The number of thiophene rings is 1. The Bertz CT molecular complexity index is 627. The molecule has 0 aromatic carbocycles. The van der Waals surface area contributed by atoms with Gasteiger partial charge in [0.15, 0.2) is 0 Å². The number of anilines is 1. The second-order valence-electron chi connectivity index (χ2n) is 4.89. The molecule has 0 aliphatic carbocycles. The fourth-order valence-electron chi connectivity index (χ4n) is 2.29. The number of hydrogen-bond acceptors (Lipinski definition) is 5. The van der Waals surface area contributed by atoms with E-state index in [9.17, 15) is 4.79 Å². The lowest BCUT2D eigenvalue weighted by atomic mass is 10.3. The van der Waals surface area contributed by atoms with Crippen molar-refractivity contribution in [3.05, 3.63) is 39.8 Å². The van der Waals surface area contributed by atoms with Crippen molar-refractivity contribution >= 4 is 34.9 Å². The van der Waals surface area contributed by atoms with E-state index < -0.39 is 0 Å². The normalized spacial score (nSPS) is 15.0. The summed E-state index contributed by atoms with van der Waals surface area (Å²) in [5, 5.41) is 2.93. The molecule has 0 spiro atoms. The molecule has 0 bridgehead atoms. The van der Waals surface area contributed by atoms with Crippen LogP contribution in [0.2, 0.25) is 4.34 Å². The number of nitrogens with zero attached hydrogens (tertiary/aromatic N) is 4. The summed E-state index contributed by atoms with van der Waals surface area (Å²) in [6.45, 7) is 3.31. The van der Waals surface area contributed by atoms with Gasteiger partial charge in [-0.3, -0.25) is 0 Å². The highest BCUT2D eigenvalue weighted by molar-refractivity contribution is 7.16. The predicted octanol–water partition coefficient (Wildman–Crippen LogP) is 2.22. The summed E-state index contributed by atoms with van der Waals surface area (Å²) in [4.78, 5) is 25.6. The van der Waals surface area contributed by atoms with Gasteiger partial charge in [-0.2, -0.15) is 0 Å². The van der Waals surface area contributed by atoms with Crippen molar-refractivity contribution in [1.82, 2.24) is 20.2 Å². The Morgan fingerprint density at radius 2 is 1.95 bits per heavy atom. The predicted molar refractivity (Wildman–Crippen MR) is 87.4 cm³/mol. The highest BCUT2D eigenvalue weighted by atomic mass is 35.5. The first-order valence-electron chi connectivity index (χ1n) is 7.01. The van der Waals surface area contributed by atoms with Gasteiger partial charge in [0, 0.05) is 43.4 Å². The molecule has 3 rings (SSSR count). The number of carbonyl (C=O) groups is 1. The lowest BCUT2D eigenvalue weighted by Crippen LogP contribution is -2.52. The molecule has 2 aromatic rings. The van der Waals surface area contributed by atoms with E-state index in [2.05, 4.69) is 20.2 Å². The molecule has 1 fully saturated rings. The minimum atomic E-state index is -0.0434. The van der Waals surface area contributed by atoms with Crippen LogP contribution in [0.5, 0.6) is 0 Å². The van der Waals surface area contributed by atoms with Crippen molar-refractivity contribution in [2.75, 3.05) is 31.1 Å². The van der Waals surface area contributed by atoms with E-state index in [-0.39, 0.29) is 6.03 Å². The van der Waals surface area contributed by atoms with E-state index in [1.165, 1.54) is 11.3 Å². The average molecular weight is 338 g/mol. The summed E-state index contributed by atoms with van der Waals surface area (Å²) in [5.74, 6) is 0.718. The molecule has 0 atom stereocenters. The average Bonchev–Trinajstić information content (AvgIpc) is 2.99. The molecular formula is C14H16ClN5OS. The van der Waals surface area contributed by atoms with Crippen molar-refractivity contribution in [3.8, 4) is 0 Å². The summed E-state index contributed by atoms with van der Waals surface area (Å²) in [5.41, 5.74) is 0. The van der Waals surface area contributed by atoms with E-state index in [4.69, 9.17) is 11.6 Å². The van der Waals surface area contributed by atoms with Crippen molar-refractivity contribution in [3.63, 3.8) is 0 Å². The maximum Gasteiger partial charge on any atom is 0.317 e. The summed E-state index contributed by atoms with van der Waals surface area (Å²) < 4.78 is 0.737. The molecule has 0 unspecified atom stereocenters. The molecule has 3 heterocycles. The number of piperazine rings is 1. The van der Waals surface area contributed by atoms with Gasteiger partial charge in [0.2, 0.25) is 5.95 Å². The van der Waals surface area contributed by atoms with Crippen LogP contribution in [0.3, 0.4) is 0 Å². The third-order valence-electron chi connectivity index (χ3n) is 3.44. The first kappa shape index (κ1) is 15.1. The molecule has 2 aromatic heterocycles. The van der Waals surface area contributed by atoms with E-state index in [1.54, 1.807) is 18.5 Å². The lowest BCUT2D eigenvalue weighted by molar-refractivity contribution is 0.194. The molecule has 1 aliphatic heterocycles. The number of halogens is 1. The lowest BCUT2D eigenvalue weighted by Gasteiger charge is -2.34. The molecule has 116 valence electrons. The Hall–Kier alpha value is -1.86. The molecule has 1 N–H and O–H groups in total. The number of hydrogen-bond donors (Lipinski definition) is 1. The standard InChI is InChI=1S/C14H16ClN5OS/c15-12-3-2-11(22-12)10-18-14(21)20-8-6-19(7-9-20)13-16-4-1-5-17-13/h1-5H,6-10H2,(H,18,21). The zero-order chi connectivity index (χ0) is 15.4. The highest BCUT2D eigenvalue weighted by Crippen LogP contribution is 2.21. The first-order chi connectivity index (χ1) is 10.7. The van der Waals surface area contributed by atoms with Gasteiger partial charge < -0.3 is 15.1 Å². The molecule has 8 heteroatoms. The molecule has 1 saturated heterocycles. The van der Waals surface area contributed by atoms with Crippen LogP contribution in [0.4, 0.5) is 10.7 Å². The smallest absolute Gasteiger partial charge is 0.317 e. The second-order valence-corrected chi connectivity index (χ2v) is 6.69. The molecule has 22 heavy (non-hydrogen) atoms. The number of amides is 2. The molecule has 6 nitrogen and oxygen atoms in total. The van der Waals surface area contributed by atoms with Gasteiger partial charge in [0.05, 0.1) is 10.9 Å². The second kappa shape index (κ2) is 6.93. The van der Waals surface area contributed by atoms with Crippen molar-refractivity contribution in [2.24, 2.45) is 0 Å². The molecule has 1 aliphatic rings. The van der Waals surface area contributed by atoms with Crippen LogP contribution < -0.4 is 10.2 Å². The number of carbonyl (C=O) groups excluding carboxylic acids is 1. The number of nitrogens with one attached hydrogen (secondary N) is 1. The van der Waals surface area contributed by atoms with E-state index >= 15 is 0 Å². The van der Waals surface area contributed by atoms with Crippen LogP contribution in [0.15, 0.2) is 30.6 Å². The zero-order valence-corrected chi connectivity index (χ0v) is 13.5. The summed E-state index contributed by atoms with van der Waals surface area (Å²) >= 11 is 7.36. The van der Waals surface area contributed by atoms with Crippen molar-refractivity contribution < 1.29 is 4.79 Å². The number of rotatable bonds is 3. The Kier molecular flexibility index (Phi) is 4.74. The third kappa shape index (κ3) is 3.66. The van der Waals surface area contributed by atoms with Gasteiger partial charge in [-0.25, -0.2) is 14.8 Å². The van der Waals surface area contributed by atoms with Gasteiger partial charge >= 0.3 is 6.03 Å². The first-order valence-corrected chi connectivity index (χ1v) is 8.21. The van der Waals surface area contributed by atoms with Gasteiger partial charge in [-0.1, -0.05) is 11.6 Å². The minimum Gasteiger partial charge on any atom is -0.337 e. The number of aromatic nitrogens is 2. The summed E-state index contributed by atoms with van der Waals surface area (Å²) in [7, 11) is 0. The highest BCUT2D eigenvalue weighted by Gasteiger charge is 2.22. The monoisotopic (exact) mass is 337 g/mol. The SMILES string of the molecule is O=C(NCc1ccc(Cl)s1)N1CCN(c2ncccn2)CC1. The van der Waals surface area contributed by atoms with Crippen LogP contribution in [0, 0.1) is 0 Å². The largest absolute Gasteiger partial charge is 0.337 e. The fraction of sp³-hybridized carbons (Fsp3) is 0.357. The summed E-state index contributed by atoms with van der Waals surface area (Å²) in [6, 6.07) is 5.52. The maximum absolute atomic E-state index is 12.2. The molecule has 0 radical (unpaired) electrons. The van der Waals surface area contributed by atoms with Gasteiger partial charge in [0.1, 0.15) is 0 Å². The molecule has 0 saturated carbocycles. The van der Waals surface area contributed by atoms with E-state index in [0.717, 1.165) is 28.3 Å². The fourth-order valence-corrected chi connectivity index (χ4v) is 3.31. The number of urea groups is 1. The van der Waals surface area contributed by atoms with E-state index in [1.807, 2.05) is 17.0 Å². The van der Waals surface area contributed by atoms with Gasteiger partial charge in [0.25, 0.3) is 0 Å². The summed E-state index contributed by atoms with van der Waals surface area (Å²) in [6.07, 6.45) is 3.46. The van der Waals surface area contributed by atoms with Crippen molar-refractivity contribution in [1.29, 1.82) is 0 Å². The van der Waals surface area contributed by atoms with Crippen LogP contribution >= 0.6 is 22.9 Å². The van der Waals surface area contributed by atoms with Crippen LogP contribution in [-0.2, 0) is 6.54 Å². The Morgan fingerprint density at radius 1 is 1.23 bits per heavy atom. The van der Waals surface area contributed by atoms with Crippen LogP contribution in [-0.4, -0.2) is 47.1 Å². The van der Waals surface area contributed by atoms with Crippen LogP contribution in [0.1, 0.15) is 4.88 Å². The van der Waals surface area contributed by atoms with Crippen LogP contribution in [0.25, 0.3) is 0 Å². The van der Waals surface area contributed by atoms with Crippen molar-refractivity contribution in [2.45, 2.75) is 6.54 Å². The Balaban J connectivity index is 1.47. The zero-order valence-electron chi connectivity index (χ0n) is 11.9. The maximum atomic E-state index is 12.2. The minimum absolute atomic E-state index is 0.0434. The Morgan fingerprint density at radius 3 is 2.59 bits per heavy atom. The molecular weight excluding hydrogens is 322 g/mol. The van der Waals surface area contributed by atoms with Gasteiger partial charge in [-0.05, 0) is 18.2 Å². The Labute approximate surface area is 137 Å². The topological polar surface area (TPSA) is 61.4 Å². The van der Waals surface area contributed by atoms with E-state index in [0.29, 0.717) is 19.6 Å².